The van der Waals surface area contributed by atoms with Crippen LogP contribution in [0.1, 0.15) is 51.4 Å². The van der Waals surface area contributed by atoms with Crippen LogP contribution in [0.4, 0.5) is 11.6 Å². The van der Waals surface area contributed by atoms with Crippen molar-refractivity contribution in [3.8, 4) is 0 Å². The smallest absolute Gasteiger partial charge is 0.134 e. The third-order valence-corrected chi connectivity index (χ3v) is 3.10. The molecule has 1 aromatic rings. The lowest BCUT2D eigenvalue weighted by Gasteiger charge is -2.13. The van der Waals surface area contributed by atoms with Gasteiger partial charge in [0.15, 0.2) is 0 Å². The molecule has 0 saturated carbocycles. The van der Waals surface area contributed by atoms with Crippen LogP contribution in [0.25, 0.3) is 0 Å². The molecular weight excluding hydrogens is 236 g/mol. The fraction of sp³-hybridized carbons (Fsp3) is 0.733. The Labute approximate surface area is 117 Å². The fourth-order valence-electron chi connectivity index (χ4n) is 2.02. The standard InChI is InChI=1S/C15H28N4/c1-6-16-14-12(4)15(19-13(5)18-14)17-10-8-7-9-11(2)3/h11H,6-10H2,1-5H3,(H2,16,17,18,19). The van der Waals surface area contributed by atoms with Gasteiger partial charge in [-0.1, -0.05) is 26.7 Å². The molecule has 0 radical (unpaired) electrons. The van der Waals surface area contributed by atoms with Crippen LogP contribution >= 0.6 is 0 Å². The predicted octanol–water partition coefficient (Wildman–Crippen LogP) is 3.76. The van der Waals surface area contributed by atoms with Crippen molar-refractivity contribution < 1.29 is 0 Å². The summed E-state index contributed by atoms with van der Waals surface area (Å²) < 4.78 is 0. The molecule has 0 bridgehead atoms. The molecule has 0 atom stereocenters. The Kier molecular flexibility index (Phi) is 6.60. The Hall–Kier alpha value is -1.32. The van der Waals surface area contributed by atoms with Crippen LogP contribution in [0.15, 0.2) is 0 Å². The van der Waals surface area contributed by atoms with Crippen LogP contribution in [0.3, 0.4) is 0 Å². The van der Waals surface area contributed by atoms with Gasteiger partial charge in [0.25, 0.3) is 0 Å². The summed E-state index contributed by atoms with van der Waals surface area (Å²) in [6.45, 7) is 12.5. The Bertz CT molecular complexity index is 388. The van der Waals surface area contributed by atoms with Gasteiger partial charge in [-0.15, -0.1) is 0 Å². The number of anilines is 2. The van der Waals surface area contributed by atoms with Crippen molar-refractivity contribution in [2.24, 2.45) is 5.92 Å². The molecule has 4 heteroatoms. The lowest BCUT2D eigenvalue weighted by molar-refractivity contribution is 0.544. The summed E-state index contributed by atoms with van der Waals surface area (Å²) in [7, 11) is 0. The van der Waals surface area contributed by atoms with Crippen LogP contribution in [0.5, 0.6) is 0 Å². The van der Waals surface area contributed by atoms with Crippen molar-refractivity contribution in [1.82, 2.24) is 9.97 Å². The van der Waals surface area contributed by atoms with Crippen molar-refractivity contribution in [2.45, 2.75) is 53.9 Å². The van der Waals surface area contributed by atoms with E-state index in [1.165, 1.54) is 19.3 Å². The number of unbranched alkanes of at least 4 members (excludes halogenated alkanes) is 1. The van der Waals surface area contributed by atoms with Crippen molar-refractivity contribution >= 4 is 11.6 Å². The molecule has 1 heterocycles. The first kappa shape index (κ1) is 15.7. The van der Waals surface area contributed by atoms with Gasteiger partial charge >= 0.3 is 0 Å². The topological polar surface area (TPSA) is 49.8 Å². The molecule has 4 nitrogen and oxygen atoms in total. The molecule has 0 spiro atoms. The Morgan fingerprint density at radius 2 is 1.63 bits per heavy atom. The maximum Gasteiger partial charge on any atom is 0.134 e. The zero-order valence-electron chi connectivity index (χ0n) is 13.0. The number of hydrogen-bond acceptors (Lipinski definition) is 4. The van der Waals surface area contributed by atoms with Crippen LogP contribution in [0, 0.1) is 19.8 Å². The molecule has 0 unspecified atom stereocenters. The maximum atomic E-state index is 4.49. The van der Waals surface area contributed by atoms with E-state index in [0.29, 0.717) is 0 Å². The van der Waals surface area contributed by atoms with E-state index >= 15 is 0 Å². The Balaban J connectivity index is 2.53. The van der Waals surface area contributed by atoms with Gasteiger partial charge in [-0.2, -0.15) is 0 Å². The summed E-state index contributed by atoms with van der Waals surface area (Å²) >= 11 is 0. The molecule has 0 aliphatic carbocycles. The molecule has 0 aliphatic rings. The second-order valence-electron chi connectivity index (χ2n) is 5.44. The van der Waals surface area contributed by atoms with E-state index in [1.54, 1.807) is 0 Å². The van der Waals surface area contributed by atoms with E-state index in [2.05, 4.69) is 48.3 Å². The zero-order valence-corrected chi connectivity index (χ0v) is 13.0. The van der Waals surface area contributed by atoms with Gasteiger partial charge in [0, 0.05) is 18.7 Å². The molecule has 0 amide bonds. The molecule has 19 heavy (non-hydrogen) atoms. The normalized spacial score (nSPS) is 10.8. The van der Waals surface area contributed by atoms with Crippen molar-refractivity contribution in [2.75, 3.05) is 23.7 Å². The van der Waals surface area contributed by atoms with Gasteiger partial charge in [-0.05, 0) is 33.1 Å². The van der Waals surface area contributed by atoms with E-state index in [4.69, 9.17) is 0 Å². The third-order valence-electron chi connectivity index (χ3n) is 3.10. The SMILES string of the molecule is CCNc1nc(C)nc(NCCCCC(C)C)c1C. The molecule has 0 saturated heterocycles. The first-order valence-electron chi connectivity index (χ1n) is 7.37. The second-order valence-corrected chi connectivity index (χ2v) is 5.44. The van der Waals surface area contributed by atoms with Crippen LogP contribution in [-0.4, -0.2) is 23.1 Å². The minimum absolute atomic E-state index is 0.795. The molecule has 1 aromatic heterocycles. The van der Waals surface area contributed by atoms with Crippen LogP contribution in [0.2, 0.25) is 0 Å². The number of nitrogens with zero attached hydrogens (tertiary/aromatic N) is 2. The van der Waals surface area contributed by atoms with Gasteiger partial charge in [-0.3, -0.25) is 0 Å². The van der Waals surface area contributed by atoms with Crippen molar-refractivity contribution in [3.05, 3.63) is 11.4 Å². The number of hydrogen-bond donors (Lipinski definition) is 2. The molecule has 0 aliphatic heterocycles. The number of nitrogens with one attached hydrogen (secondary N) is 2. The van der Waals surface area contributed by atoms with Crippen LogP contribution < -0.4 is 10.6 Å². The molecule has 108 valence electrons. The summed E-state index contributed by atoms with van der Waals surface area (Å²) in [4.78, 5) is 8.91. The van der Waals surface area contributed by atoms with Gasteiger partial charge in [0.05, 0.1) is 0 Å². The first-order valence-corrected chi connectivity index (χ1v) is 7.37. The number of aromatic nitrogens is 2. The first-order chi connectivity index (χ1) is 9.04. The average Bonchev–Trinajstić information content (AvgIpc) is 2.34. The summed E-state index contributed by atoms with van der Waals surface area (Å²) in [6.07, 6.45) is 3.76. The van der Waals surface area contributed by atoms with Crippen molar-refractivity contribution in [1.29, 1.82) is 0 Å². The lowest BCUT2D eigenvalue weighted by Crippen LogP contribution is -2.11. The van der Waals surface area contributed by atoms with E-state index in [1.807, 2.05) is 6.92 Å². The summed E-state index contributed by atoms with van der Waals surface area (Å²) in [5, 5.41) is 6.72. The number of rotatable bonds is 8. The second kappa shape index (κ2) is 7.97. The highest BCUT2D eigenvalue weighted by Gasteiger charge is 2.07. The van der Waals surface area contributed by atoms with Gasteiger partial charge in [0.2, 0.25) is 0 Å². The predicted molar refractivity (Wildman–Crippen MR) is 82.8 cm³/mol. The molecule has 1 rings (SSSR count). The molecule has 0 fully saturated rings. The minimum atomic E-state index is 0.795. The minimum Gasteiger partial charge on any atom is -0.370 e. The van der Waals surface area contributed by atoms with Crippen LogP contribution in [-0.2, 0) is 0 Å². The summed E-state index contributed by atoms with van der Waals surface area (Å²) in [5.41, 5.74) is 1.11. The zero-order chi connectivity index (χ0) is 14.3. The molecular formula is C15H28N4. The van der Waals surface area contributed by atoms with E-state index in [0.717, 1.165) is 42.0 Å². The van der Waals surface area contributed by atoms with E-state index < -0.39 is 0 Å². The quantitative estimate of drug-likeness (QED) is 0.702. The molecule has 2 N–H and O–H groups in total. The summed E-state index contributed by atoms with van der Waals surface area (Å²) in [5.74, 6) is 3.52. The fourth-order valence-corrected chi connectivity index (χ4v) is 2.02. The highest BCUT2D eigenvalue weighted by atomic mass is 15.1. The maximum absolute atomic E-state index is 4.49. The van der Waals surface area contributed by atoms with Gasteiger partial charge < -0.3 is 10.6 Å². The average molecular weight is 264 g/mol. The third kappa shape index (κ3) is 5.45. The largest absolute Gasteiger partial charge is 0.370 e. The highest BCUT2D eigenvalue weighted by molar-refractivity contribution is 5.57. The van der Waals surface area contributed by atoms with Gasteiger partial charge in [-0.25, -0.2) is 9.97 Å². The Morgan fingerprint density at radius 3 is 2.21 bits per heavy atom. The molecule has 0 aromatic carbocycles. The summed E-state index contributed by atoms with van der Waals surface area (Å²) in [6, 6.07) is 0. The highest BCUT2D eigenvalue weighted by Crippen LogP contribution is 2.19. The lowest BCUT2D eigenvalue weighted by atomic mass is 10.1. The van der Waals surface area contributed by atoms with Crippen molar-refractivity contribution in [3.63, 3.8) is 0 Å². The van der Waals surface area contributed by atoms with Gasteiger partial charge in [0.1, 0.15) is 17.5 Å². The van der Waals surface area contributed by atoms with E-state index in [-0.39, 0.29) is 0 Å². The number of aryl methyl sites for hydroxylation is 1. The Morgan fingerprint density at radius 1 is 1.00 bits per heavy atom. The monoisotopic (exact) mass is 264 g/mol. The van der Waals surface area contributed by atoms with E-state index in [9.17, 15) is 0 Å².